The first-order chi connectivity index (χ1) is 32.1. The van der Waals surface area contributed by atoms with Crippen LogP contribution in [-0.4, -0.2) is 92.7 Å². The van der Waals surface area contributed by atoms with Crippen molar-refractivity contribution in [3.05, 3.63) is 106 Å². The van der Waals surface area contributed by atoms with Crippen molar-refractivity contribution in [2.75, 3.05) is 67.7 Å². The molecule has 1 spiro atoms. The molecule has 3 aromatic carbocycles. The predicted octanol–water partition coefficient (Wildman–Crippen LogP) is 8.81. The van der Waals surface area contributed by atoms with Crippen LogP contribution in [0, 0.1) is 21.4 Å². The van der Waals surface area contributed by atoms with Crippen molar-refractivity contribution in [1.29, 1.82) is 0 Å². The van der Waals surface area contributed by atoms with Gasteiger partial charge in [-0.05, 0) is 148 Å². The maximum Gasteiger partial charge on any atom is 0.293 e. The molecule has 2 saturated carbocycles. The summed E-state index contributed by atoms with van der Waals surface area (Å²) in [6, 6.07) is 23.5. The van der Waals surface area contributed by atoms with E-state index < -0.39 is 20.9 Å². The minimum absolute atomic E-state index is 0.146. The van der Waals surface area contributed by atoms with Gasteiger partial charge in [0.05, 0.1) is 27.7 Å². The second-order valence-electron chi connectivity index (χ2n) is 19.4. The first-order valence-electron chi connectivity index (χ1n) is 23.9. The van der Waals surface area contributed by atoms with E-state index in [0.29, 0.717) is 79.7 Å². The van der Waals surface area contributed by atoms with Crippen molar-refractivity contribution in [3.63, 3.8) is 0 Å². The average molecular weight is 915 g/mol. The number of nitro benzene ring substituents is 1. The number of rotatable bonds is 12. The van der Waals surface area contributed by atoms with E-state index in [0.717, 1.165) is 61.8 Å². The summed E-state index contributed by atoms with van der Waals surface area (Å²) in [6.07, 6.45) is 13.9. The molecule has 6 heterocycles. The molecule has 0 radical (unpaired) electrons. The van der Waals surface area contributed by atoms with Crippen LogP contribution in [0.15, 0.2) is 83.9 Å². The summed E-state index contributed by atoms with van der Waals surface area (Å²) in [5, 5.41) is 16.2. The van der Waals surface area contributed by atoms with Crippen LogP contribution in [0.3, 0.4) is 0 Å². The Morgan fingerprint density at radius 1 is 0.879 bits per heavy atom. The maximum absolute atomic E-state index is 14.4. The molecule has 11 rings (SSSR count). The summed E-state index contributed by atoms with van der Waals surface area (Å²) < 4.78 is 41.8. The Morgan fingerprint density at radius 3 is 2.47 bits per heavy atom. The highest BCUT2D eigenvalue weighted by Gasteiger charge is 2.50. The lowest BCUT2D eigenvalue weighted by molar-refractivity contribution is -0.384. The topological polar surface area (TPSA) is 175 Å². The number of likely N-dealkylation sites (tertiary alicyclic amines) is 1. The number of hydrogen-bond donors (Lipinski definition) is 3. The molecule has 2 aliphatic carbocycles. The molecule has 5 aromatic rings. The van der Waals surface area contributed by atoms with E-state index in [1.165, 1.54) is 57.2 Å². The van der Waals surface area contributed by atoms with Crippen LogP contribution in [0.1, 0.15) is 104 Å². The molecule has 2 aromatic heterocycles. The van der Waals surface area contributed by atoms with Gasteiger partial charge in [0.25, 0.3) is 21.6 Å². The molecule has 3 saturated heterocycles. The van der Waals surface area contributed by atoms with Gasteiger partial charge in [0.1, 0.15) is 17.0 Å². The maximum atomic E-state index is 14.4. The van der Waals surface area contributed by atoms with Gasteiger partial charge in [-0.1, -0.05) is 24.3 Å². The number of hydrogen-bond acceptors (Lipinski definition) is 12. The van der Waals surface area contributed by atoms with Crippen LogP contribution in [0.5, 0.6) is 5.88 Å². The number of anilines is 4. The molecule has 346 valence electrons. The Hall–Kier alpha value is -5.71. The van der Waals surface area contributed by atoms with E-state index >= 15 is 0 Å². The monoisotopic (exact) mass is 914 g/mol. The Balaban J connectivity index is 0.839. The number of sulfonamides is 1. The number of fused-ring (bicyclic) bond motifs is 2. The Bertz CT molecular complexity index is 2750. The lowest BCUT2D eigenvalue weighted by Gasteiger charge is -2.56. The first-order valence-corrected chi connectivity index (χ1v) is 25.4. The zero-order valence-electron chi connectivity index (χ0n) is 37.3. The Kier molecular flexibility index (Phi) is 11.4. The smallest absolute Gasteiger partial charge is 0.293 e. The van der Waals surface area contributed by atoms with Crippen LogP contribution in [0.4, 0.5) is 28.4 Å². The Labute approximate surface area is 385 Å². The van der Waals surface area contributed by atoms with Gasteiger partial charge in [0.15, 0.2) is 0 Å². The number of aromatic amines is 1. The number of carbonyl (C=O) groups is 1. The van der Waals surface area contributed by atoms with Crippen molar-refractivity contribution in [2.45, 2.75) is 93.5 Å². The summed E-state index contributed by atoms with van der Waals surface area (Å²) in [5.74, 6) is 0.600. The quantitative estimate of drug-likeness (QED) is 0.0803. The molecule has 4 aliphatic heterocycles. The van der Waals surface area contributed by atoms with Gasteiger partial charge in [-0.3, -0.25) is 19.8 Å². The van der Waals surface area contributed by atoms with E-state index in [4.69, 9.17) is 14.5 Å². The molecule has 1 atom stereocenters. The molecular weight excluding hydrogens is 857 g/mol. The normalized spacial score (nSPS) is 21.5. The minimum atomic E-state index is -4.55. The third-order valence-corrected chi connectivity index (χ3v) is 16.7. The van der Waals surface area contributed by atoms with Gasteiger partial charge in [-0.25, -0.2) is 13.1 Å². The van der Waals surface area contributed by atoms with Gasteiger partial charge in [0.2, 0.25) is 5.88 Å². The van der Waals surface area contributed by atoms with Gasteiger partial charge in [0, 0.05) is 74.8 Å². The second kappa shape index (κ2) is 17.5. The standard InChI is InChI=1S/C50H58N8O7S/c59-48(54-66(62,63)38-11-13-42(45(29-38)58(60)61)52-32-33-15-25-64-26-16-33)41-12-10-36(28-44(41)57-21-4-24-65-49-46(57)27-35-14-19-51-47(35)53-49)55-22-17-50(18-23-55)30-37(31-50)56-20-3-7-43(56)40-6-2-1-5-39(40)34-8-9-34/h1-2,5-6,10-14,19,27-29,33-34,37,43,52H,3-4,7-9,15-18,20-26,30-32H2,(H,51,53)(H,54,59). The number of amides is 1. The predicted molar refractivity (Wildman–Crippen MR) is 253 cm³/mol. The van der Waals surface area contributed by atoms with Crippen LogP contribution in [0.2, 0.25) is 0 Å². The zero-order chi connectivity index (χ0) is 45.0. The van der Waals surface area contributed by atoms with Gasteiger partial charge < -0.3 is 29.6 Å². The molecule has 5 fully saturated rings. The lowest BCUT2D eigenvalue weighted by atomic mass is 9.59. The number of nitro groups is 1. The summed E-state index contributed by atoms with van der Waals surface area (Å²) in [7, 11) is -4.55. The molecule has 6 aliphatic rings. The third-order valence-electron chi connectivity index (χ3n) is 15.3. The minimum Gasteiger partial charge on any atom is -0.476 e. The number of H-pyrrole nitrogens is 1. The zero-order valence-corrected chi connectivity index (χ0v) is 38.1. The highest BCUT2D eigenvalue weighted by Crippen LogP contribution is 2.55. The van der Waals surface area contributed by atoms with Crippen molar-refractivity contribution in [2.24, 2.45) is 11.3 Å². The molecule has 1 amide bonds. The second-order valence-corrected chi connectivity index (χ2v) is 21.1. The number of carbonyl (C=O) groups excluding carboxylic acids is 1. The van der Waals surface area contributed by atoms with E-state index in [1.807, 2.05) is 35.4 Å². The molecular formula is C50H58N8O7S. The highest BCUT2D eigenvalue weighted by molar-refractivity contribution is 7.90. The number of benzene rings is 3. The Morgan fingerprint density at radius 2 is 1.68 bits per heavy atom. The van der Waals surface area contributed by atoms with Crippen LogP contribution < -0.4 is 24.6 Å². The largest absolute Gasteiger partial charge is 0.476 e. The molecule has 1 unspecified atom stereocenters. The number of piperidine rings is 1. The number of nitrogens with zero attached hydrogens (tertiary/aromatic N) is 5. The number of aromatic nitrogens is 2. The summed E-state index contributed by atoms with van der Waals surface area (Å²) in [4.78, 5) is 40.8. The fourth-order valence-corrected chi connectivity index (χ4v) is 12.5. The summed E-state index contributed by atoms with van der Waals surface area (Å²) in [5.41, 5.74) is 6.27. The van der Waals surface area contributed by atoms with Gasteiger partial charge >= 0.3 is 0 Å². The summed E-state index contributed by atoms with van der Waals surface area (Å²) >= 11 is 0. The van der Waals surface area contributed by atoms with Gasteiger partial charge in [-0.2, -0.15) is 4.98 Å². The van der Waals surface area contributed by atoms with Crippen LogP contribution in [-0.2, 0) is 14.8 Å². The van der Waals surface area contributed by atoms with E-state index in [-0.39, 0.29) is 27.8 Å². The first kappa shape index (κ1) is 42.9. The van der Waals surface area contributed by atoms with E-state index in [1.54, 1.807) is 17.2 Å². The average Bonchev–Trinajstić information content (AvgIpc) is 3.95. The van der Waals surface area contributed by atoms with Crippen molar-refractivity contribution < 1.29 is 27.6 Å². The van der Waals surface area contributed by atoms with Crippen LogP contribution in [0.25, 0.3) is 11.0 Å². The fraction of sp³-hybridized carbons (Fsp3) is 0.480. The van der Waals surface area contributed by atoms with Crippen LogP contribution >= 0.6 is 0 Å². The molecule has 15 nitrogen and oxygen atoms in total. The van der Waals surface area contributed by atoms with Crippen molar-refractivity contribution in [3.8, 4) is 5.88 Å². The molecule has 0 bridgehead atoms. The molecule has 16 heteroatoms. The lowest BCUT2D eigenvalue weighted by Crippen LogP contribution is -2.55. The number of nitrogens with one attached hydrogen (secondary N) is 3. The number of pyridine rings is 1. The molecule has 3 N–H and O–H groups in total. The highest BCUT2D eigenvalue weighted by atomic mass is 32.2. The van der Waals surface area contributed by atoms with Crippen molar-refractivity contribution >= 4 is 55.4 Å². The SMILES string of the molecule is O=C(NS(=O)(=O)c1ccc(NCC2CCOCC2)c([N+](=O)[O-])c1)c1ccc(N2CCC3(CC2)CC(N2CCCC2c2ccccc2C2CC2)C3)cc1N1CCCOc2nc3[nH]ccc3cc21. The molecule has 66 heavy (non-hydrogen) atoms. The van der Waals surface area contributed by atoms with E-state index in [9.17, 15) is 23.3 Å². The van der Waals surface area contributed by atoms with Gasteiger partial charge in [-0.15, -0.1) is 0 Å². The number of ether oxygens (including phenoxy) is 2. The summed E-state index contributed by atoms with van der Waals surface area (Å²) in [6.45, 7) is 5.61. The van der Waals surface area contributed by atoms with Crippen molar-refractivity contribution in [1.82, 2.24) is 19.6 Å². The van der Waals surface area contributed by atoms with E-state index in [2.05, 4.69) is 49.1 Å². The third kappa shape index (κ3) is 8.36. The fourth-order valence-electron chi connectivity index (χ4n) is 11.5.